The number of nitrogens with one attached hydrogen (secondary N) is 1. The van der Waals surface area contributed by atoms with Crippen LogP contribution in [0.2, 0.25) is 0 Å². The number of alkyl halides is 2. The van der Waals surface area contributed by atoms with Crippen LogP contribution < -0.4 is 5.32 Å². The Labute approximate surface area is 88.4 Å². The highest BCUT2D eigenvalue weighted by molar-refractivity contribution is 6.53. The van der Waals surface area contributed by atoms with Gasteiger partial charge in [-0.05, 0) is 19.9 Å². The molecule has 1 amide bonds. The van der Waals surface area contributed by atoms with E-state index in [1.54, 1.807) is 4.90 Å². The van der Waals surface area contributed by atoms with E-state index in [0.29, 0.717) is 6.54 Å². The third-order valence-electron chi connectivity index (χ3n) is 2.27. The molecule has 1 saturated heterocycles. The van der Waals surface area contributed by atoms with Crippen molar-refractivity contribution < 1.29 is 4.79 Å². The van der Waals surface area contributed by atoms with Gasteiger partial charge in [0.25, 0.3) is 5.91 Å². The minimum absolute atomic E-state index is 0.181. The molecular formula is C8H14Cl2N2O. The molecule has 1 heterocycles. The smallest absolute Gasteiger partial charge is 0.256 e. The zero-order valence-electron chi connectivity index (χ0n) is 7.59. The average molecular weight is 225 g/mol. The van der Waals surface area contributed by atoms with Crippen molar-refractivity contribution in [1.29, 1.82) is 0 Å². The molecule has 0 saturated carbocycles. The van der Waals surface area contributed by atoms with Gasteiger partial charge in [-0.1, -0.05) is 23.2 Å². The SMILES string of the molecule is CC1CCNCCN1C(=O)C(Cl)Cl. The molecule has 0 radical (unpaired) electrons. The summed E-state index contributed by atoms with van der Waals surface area (Å²) in [4.78, 5) is 12.3. The Morgan fingerprint density at radius 2 is 2.23 bits per heavy atom. The maximum atomic E-state index is 11.5. The fourth-order valence-electron chi connectivity index (χ4n) is 1.46. The minimum atomic E-state index is -0.930. The van der Waals surface area contributed by atoms with E-state index in [1.807, 2.05) is 6.92 Å². The molecule has 1 aliphatic heterocycles. The topological polar surface area (TPSA) is 32.3 Å². The lowest BCUT2D eigenvalue weighted by molar-refractivity contribution is -0.131. The quantitative estimate of drug-likeness (QED) is 0.675. The number of nitrogens with zero attached hydrogens (tertiary/aromatic N) is 1. The van der Waals surface area contributed by atoms with Crippen molar-refractivity contribution in [3.8, 4) is 0 Å². The average Bonchev–Trinajstić information content (AvgIpc) is 2.28. The van der Waals surface area contributed by atoms with Crippen molar-refractivity contribution in [2.24, 2.45) is 0 Å². The summed E-state index contributed by atoms with van der Waals surface area (Å²) >= 11 is 11.1. The summed E-state index contributed by atoms with van der Waals surface area (Å²) < 4.78 is 0. The Hall–Kier alpha value is 0.01000. The molecule has 0 bridgehead atoms. The number of hydrogen-bond donors (Lipinski definition) is 1. The number of carbonyl (C=O) groups excluding carboxylic acids is 1. The Morgan fingerprint density at radius 1 is 1.54 bits per heavy atom. The van der Waals surface area contributed by atoms with Crippen molar-refractivity contribution >= 4 is 29.1 Å². The number of rotatable bonds is 1. The minimum Gasteiger partial charge on any atom is -0.336 e. The molecule has 0 aromatic heterocycles. The monoisotopic (exact) mass is 224 g/mol. The highest BCUT2D eigenvalue weighted by atomic mass is 35.5. The first-order valence-electron chi connectivity index (χ1n) is 4.42. The van der Waals surface area contributed by atoms with Crippen LogP contribution in [0.15, 0.2) is 0 Å². The molecule has 0 aromatic carbocycles. The van der Waals surface area contributed by atoms with Gasteiger partial charge in [-0.3, -0.25) is 4.79 Å². The molecule has 1 rings (SSSR count). The summed E-state index contributed by atoms with van der Waals surface area (Å²) in [7, 11) is 0. The van der Waals surface area contributed by atoms with E-state index >= 15 is 0 Å². The maximum absolute atomic E-state index is 11.5. The largest absolute Gasteiger partial charge is 0.336 e. The predicted octanol–water partition coefficient (Wildman–Crippen LogP) is 1.00. The van der Waals surface area contributed by atoms with E-state index < -0.39 is 4.84 Å². The van der Waals surface area contributed by atoms with Crippen LogP contribution in [0.25, 0.3) is 0 Å². The molecule has 3 nitrogen and oxygen atoms in total. The number of hydrogen-bond acceptors (Lipinski definition) is 2. The fraction of sp³-hybridized carbons (Fsp3) is 0.875. The first-order valence-corrected chi connectivity index (χ1v) is 5.29. The number of halogens is 2. The standard InChI is InChI=1S/C8H14Cl2N2O/c1-6-2-3-11-4-5-12(6)8(13)7(9)10/h6-7,11H,2-5H2,1H3. The highest BCUT2D eigenvalue weighted by Gasteiger charge is 2.25. The Kier molecular flexibility index (Phi) is 4.29. The Balaban J connectivity index is 2.58. The summed E-state index contributed by atoms with van der Waals surface area (Å²) in [6.07, 6.45) is 0.951. The van der Waals surface area contributed by atoms with Crippen LogP contribution in [-0.4, -0.2) is 41.3 Å². The first-order chi connectivity index (χ1) is 6.13. The van der Waals surface area contributed by atoms with Crippen LogP contribution in [0.4, 0.5) is 0 Å². The fourth-order valence-corrected chi connectivity index (χ4v) is 1.72. The van der Waals surface area contributed by atoms with Gasteiger partial charge in [-0.2, -0.15) is 0 Å². The molecule has 1 atom stereocenters. The molecule has 0 aromatic rings. The summed E-state index contributed by atoms with van der Waals surface area (Å²) in [6, 6.07) is 0.225. The first kappa shape index (κ1) is 11.1. The second kappa shape index (κ2) is 5.03. The highest BCUT2D eigenvalue weighted by Crippen LogP contribution is 2.12. The van der Waals surface area contributed by atoms with Crippen LogP contribution in [0.1, 0.15) is 13.3 Å². The normalized spacial score (nSPS) is 24.6. The van der Waals surface area contributed by atoms with E-state index in [1.165, 1.54) is 0 Å². The molecule has 1 unspecified atom stereocenters. The summed E-state index contributed by atoms with van der Waals surface area (Å²) in [6.45, 7) is 4.47. The summed E-state index contributed by atoms with van der Waals surface area (Å²) in [5.41, 5.74) is 0. The third kappa shape index (κ3) is 3.01. The van der Waals surface area contributed by atoms with Gasteiger partial charge < -0.3 is 10.2 Å². The molecule has 1 fully saturated rings. The molecule has 76 valence electrons. The van der Waals surface area contributed by atoms with Crippen LogP contribution in [0.3, 0.4) is 0 Å². The van der Waals surface area contributed by atoms with Gasteiger partial charge in [-0.15, -0.1) is 0 Å². The zero-order chi connectivity index (χ0) is 9.84. The molecule has 0 spiro atoms. The second-order valence-corrected chi connectivity index (χ2v) is 4.32. The van der Waals surface area contributed by atoms with Crippen LogP contribution >= 0.6 is 23.2 Å². The van der Waals surface area contributed by atoms with Crippen LogP contribution in [0.5, 0.6) is 0 Å². The van der Waals surface area contributed by atoms with Crippen molar-refractivity contribution in [3.05, 3.63) is 0 Å². The molecule has 1 aliphatic rings. The van der Waals surface area contributed by atoms with E-state index in [2.05, 4.69) is 5.32 Å². The summed E-state index contributed by atoms with van der Waals surface area (Å²) in [5, 5.41) is 3.22. The molecule has 0 aliphatic carbocycles. The molecule has 1 N–H and O–H groups in total. The van der Waals surface area contributed by atoms with Crippen molar-refractivity contribution in [2.45, 2.75) is 24.2 Å². The number of amides is 1. The number of carbonyl (C=O) groups is 1. The van der Waals surface area contributed by atoms with Crippen LogP contribution in [-0.2, 0) is 4.79 Å². The van der Waals surface area contributed by atoms with Crippen molar-refractivity contribution in [2.75, 3.05) is 19.6 Å². The van der Waals surface area contributed by atoms with Gasteiger partial charge in [0.15, 0.2) is 4.84 Å². The van der Waals surface area contributed by atoms with E-state index in [0.717, 1.165) is 19.5 Å². The van der Waals surface area contributed by atoms with Gasteiger partial charge in [-0.25, -0.2) is 0 Å². The van der Waals surface area contributed by atoms with Gasteiger partial charge in [0.1, 0.15) is 0 Å². The molecule has 5 heteroatoms. The lowest BCUT2D eigenvalue weighted by Crippen LogP contribution is -2.42. The van der Waals surface area contributed by atoms with Gasteiger partial charge >= 0.3 is 0 Å². The molecular weight excluding hydrogens is 211 g/mol. The maximum Gasteiger partial charge on any atom is 0.256 e. The van der Waals surface area contributed by atoms with Crippen molar-refractivity contribution in [1.82, 2.24) is 10.2 Å². The predicted molar refractivity (Wildman–Crippen MR) is 54.2 cm³/mol. The van der Waals surface area contributed by atoms with Gasteiger partial charge in [0.2, 0.25) is 0 Å². The van der Waals surface area contributed by atoms with E-state index in [4.69, 9.17) is 23.2 Å². The van der Waals surface area contributed by atoms with Crippen molar-refractivity contribution in [3.63, 3.8) is 0 Å². The Bertz CT molecular complexity index is 187. The van der Waals surface area contributed by atoms with Gasteiger partial charge in [0.05, 0.1) is 0 Å². The Morgan fingerprint density at radius 3 is 2.85 bits per heavy atom. The van der Waals surface area contributed by atoms with E-state index in [-0.39, 0.29) is 11.9 Å². The lowest BCUT2D eigenvalue weighted by atomic mass is 10.2. The van der Waals surface area contributed by atoms with E-state index in [9.17, 15) is 4.79 Å². The van der Waals surface area contributed by atoms with Crippen LogP contribution in [0, 0.1) is 0 Å². The zero-order valence-corrected chi connectivity index (χ0v) is 9.11. The lowest BCUT2D eigenvalue weighted by Gasteiger charge is -2.27. The molecule has 13 heavy (non-hydrogen) atoms. The second-order valence-electron chi connectivity index (χ2n) is 3.22. The third-order valence-corrected chi connectivity index (χ3v) is 2.64. The summed E-state index contributed by atoms with van der Waals surface area (Å²) in [5.74, 6) is -0.181. The van der Waals surface area contributed by atoms with Gasteiger partial charge in [0, 0.05) is 19.1 Å².